The van der Waals surface area contributed by atoms with Gasteiger partial charge in [-0.25, -0.2) is 0 Å². The molecule has 0 saturated heterocycles. The summed E-state index contributed by atoms with van der Waals surface area (Å²) < 4.78 is 0. The van der Waals surface area contributed by atoms with Gasteiger partial charge in [0.2, 0.25) is 0 Å². The fraction of sp³-hybridized carbons (Fsp3) is 1.00. The summed E-state index contributed by atoms with van der Waals surface area (Å²) >= 11 is 0. The Morgan fingerprint density at radius 1 is 1.46 bits per heavy atom. The Morgan fingerprint density at radius 2 is 2.15 bits per heavy atom. The standard InChI is InChI=1S/C12H25N/c1-5-7-13-12(4)9-11(12)8-10(3)6-2/h10-11,13H,5-9H2,1-4H3. The van der Waals surface area contributed by atoms with Crippen LogP contribution in [-0.4, -0.2) is 12.1 Å². The predicted molar refractivity (Wildman–Crippen MR) is 58.9 cm³/mol. The molecule has 0 bridgehead atoms. The fourth-order valence-electron chi connectivity index (χ4n) is 2.08. The van der Waals surface area contributed by atoms with E-state index in [1.807, 2.05) is 0 Å². The van der Waals surface area contributed by atoms with E-state index in [4.69, 9.17) is 0 Å². The topological polar surface area (TPSA) is 12.0 Å². The second-order valence-corrected chi connectivity index (χ2v) is 4.99. The maximum Gasteiger partial charge on any atom is 0.0185 e. The molecule has 13 heavy (non-hydrogen) atoms. The van der Waals surface area contributed by atoms with Gasteiger partial charge >= 0.3 is 0 Å². The molecule has 1 fully saturated rings. The third-order valence-corrected chi connectivity index (χ3v) is 3.57. The highest BCUT2D eigenvalue weighted by molar-refractivity contribution is 5.06. The van der Waals surface area contributed by atoms with Gasteiger partial charge in [-0.2, -0.15) is 0 Å². The lowest BCUT2D eigenvalue weighted by Crippen LogP contribution is -2.31. The molecule has 3 atom stereocenters. The molecule has 1 heteroatoms. The quantitative estimate of drug-likeness (QED) is 0.667. The van der Waals surface area contributed by atoms with Crippen molar-refractivity contribution >= 4 is 0 Å². The Balaban J connectivity index is 2.19. The van der Waals surface area contributed by atoms with Gasteiger partial charge in [-0.15, -0.1) is 0 Å². The number of hydrogen-bond donors (Lipinski definition) is 1. The van der Waals surface area contributed by atoms with Crippen LogP contribution in [0.15, 0.2) is 0 Å². The van der Waals surface area contributed by atoms with Crippen molar-refractivity contribution in [2.75, 3.05) is 6.54 Å². The molecular formula is C12H25N. The molecular weight excluding hydrogens is 158 g/mol. The van der Waals surface area contributed by atoms with Crippen LogP contribution in [0.2, 0.25) is 0 Å². The summed E-state index contributed by atoms with van der Waals surface area (Å²) in [5, 5.41) is 3.66. The van der Waals surface area contributed by atoms with E-state index < -0.39 is 0 Å². The van der Waals surface area contributed by atoms with Crippen molar-refractivity contribution in [3.63, 3.8) is 0 Å². The molecule has 1 rings (SSSR count). The zero-order chi connectivity index (χ0) is 9.90. The first kappa shape index (κ1) is 11.0. The minimum Gasteiger partial charge on any atom is -0.311 e. The first-order chi connectivity index (χ1) is 6.12. The van der Waals surface area contributed by atoms with Gasteiger partial charge in [0.05, 0.1) is 0 Å². The van der Waals surface area contributed by atoms with E-state index in [0.717, 1.165) is 11.8 Å². The minimum atomic E-state index is 0.499. The molecule has 0 spiro atoms. The van der Waals surface area contributed by atoms with Crippen molar-refractivity contribution in [2.24, 2.45) is 11.8 Å². The van der Waals surface area contributed by atoms with Crippen molar-refractivity contribution < 1.29 is 0 Å². The Hall–Kier alpha value is -0.0400. The molecule has 1 nitrogen and oxygen atoms in total. The summed E-state index contributed by atoms with van der Waals surface area (Å²) in [4.78, 5) is 0. The molecule has 1 aliphatic carbocycles. The zero-order valence-electron chi connectivity index (χ0n) is 9.69. The van der Waals surface area contributed by atoms with Crippen molar-refractivity contribution in [3.8, 4) is 0 Å². The lowest BCUT2D eigenvalue weighted by molar-refractivity contribution is 0.416. The maximum atomic E-state index is 3.66. The molecule has 0 amide bonds. The van der Waals surface area contributed by atoms with Crippen molar-refractivity contribution in [1.29, 1.82) is 0 Å². The van der Waals surface area contributed by atoms with E-state index in [9.17, 15) is 0 Å². The van der Waals surface area contributed by atoms with Gasteiger partial charge < -0.3 is 5.32 Å². The van der Waals surface area contributed by atoms with Crippen molar-refractivity contribution in [3.05, 3.63) is 0 Å². The van der Waals surface area contributed by atoms with Crippen LogP contribution < -0.4 is 5.32 Å². The van der Waals surface area contributed by atoms with Crippen LogP contribution in [0.1, 0.15) is 53.4 Å². The van der Waals surface area contributed by atoms with Gasteiger partial charge in [0.15, 0.2) is 0 Å². The van der Waals surface area contributed by atoms with Crippen molar-refractivity contribution in [2.45, 2.75) is 58.9 Å². The third kappa shape index (κ3) is 2.98. The zero-order valence-corrected chi connectivity index (χ0v) is 9.69. The molecule has 0 aromatic carbocycles. The molecule has 0 aromatic rings. The monoisotopic (exact) mass is 183 g/mol. The summed E-state index contributed by atoms with van der Waals surface area (Å²) in [6, 6.07) is 0. The minimum absolute atomic E-state index is 0.499. The van der Waals surface area contributed by atoms with E-state index in [1.165, 1.54) is 32.2 Å². The van der Waals surface area contributed by atoms with Gasteiger partial charge in [-0.3, -0.25) is 0 Å². The van der Waals surface area contributed by atoms with Gasteiger partial charge in [-0.05, 0) is 44.6 Å². The van der Waals surface area contributed by atoms with Crippen LogP contribution in [0, 0.1) is 11.8 Å². The Labute approximate surface area is 83.3 Å². The summed E-state index contributed by atoms with van der Waals surface area (Å²) in [5.41, 5.74) is 0.499. The Bertz CT molecular complexity index is 155. The first-order valence-electron chi connectivity index (χ1n) is 5.87. The highest BCUT2D eigenvalue weighted by atomic mass is 15.0. The molecule has 1 aliphatic rings. The average molecular weight is 183 g/mol. The number of nitrogens with one attached hydrogen (secondary N) is 1. The average Bonchev–Trinajstić information content (AvgIpc) is 2.74. The Kier molecular flexibility index (Phi) is 3.78. The fourth-order valence-corrected chi connectivity index (χ4v) is 2.08. The predicted octanol–water partition coefficient (Wildman–Crippen LogP) is 3.20. The van der Waals surface area contributed by atoms with Crippen LogP contribution in [0.4, 0.5) is 0 Å². The molecule has 1 N–H and O–H groups in total. The van der Waals surface area contributed by atoms with Gasteiger partial charge in [0.25, 0.3) is 0 Å². The van der Waals surface area contributed by atoms with Crippen molar-refractivity contribution in [1.82, 2.24) is 5.32 Å². The van der Waals surface area contributed by atoms with E-state index in [1.54, 1.807) is 0 Å². The molecule has 0 radical (unpaired) electrons. The van der Waals surface area contributed by atoms with Crippen LogP contribution in [0.25, 0.3) is 0 Å². The largest absolute Gasteiger partial charge is 0.311 e. The lowest BCUT2D eigenvalue weighted by Gasteiger charge is -2.15. The maximum absolute atomic E-state index is 3.66. The van der Waals surface area contributed by atoms with Crippen LogP contribution in [0.3, 0.4) is 0 Å². The van der Waals surface area contributed by atoms with Crippen LogP contribution in [0.5, 0.6) is 0 Å². The van der Waals surface area contributed by atoms with E-state index >= 15 is 0 Å². The van der Waals surface area contributed by atoms with Crippen LogP contribution in [-0.2, 0) is 0 Å². The van der Waals surface area contributed by atoms with Gasteiger partial charge in [0, 0.05) is 5.54 Å². The summed E-state index contributed by atoms with van der Waals surface area (Å²) in [7, 11) is 0. The summed E-state index contributed by atoms with van der Waals surface area (Å²) in [6.45, 7) is 10.5. The second kappa shape index (κ2) is 4.45. The van der Waals surface area contributed by atoms with E-state index in [-0.39, 0.29) is 0 Å². The number of hydrogen-bond acceptors (Lipinski definition) is 1. The third-order valence-electron chi connectivity index (χ3n) is 3.57. The highest BCUT2D eigenvalue weighted by Gasteiger charge is 2.49. The highest BCUT2D eigenvalue weighted by Crippen LogP contribution is 2.47. The number of rotatable bonds is 6. The SMILES string of the molecule is CCCNC1(C)CC1CC(C)CC. The molecule has 78 valence electrons. The first-order valence-corrected chi connectivity index (χ1v) is 5.87. The molecule has 0 aromatic heterocycles. The normalized spacial score (nSPS) is 34.6. The second-order valence-electron chi connectivity index (χ2n) is 4.99. The molecule has 0 heterocycles. The molecule has 0 aliphatic heterocycles. The lowest BCUT2D eigenvalue weighted by atomic mass is 10.00. The van der Waals surface area contributed by atoms with E-state index in [0.29, 0.717) is 5.54 Å². The molecule has 1 saturated carbocycles. The Morgan fingerprint density at radius 3 is 2.69 bits per heavy atom. The summed E-state index contributed by atoms with van der Waals surface area (Å²) in [6.07, 6.45) is 5.41. The summed E-state index contributed by atoms with van der Waals surface area (Å²) in [5.74, 6) is 1.87. The van der Waals surface area contributed by atoms with Crippen LogP contribution >= 0.6 is 0 Å². The van der Waals surface area contributed by atoms with Gasteiger partial charge in [-0.1, -0.05) is 27.2 Å². The molecule has 3 unspecified atom stereocenters. The van der Waals surface area contributed by atoms with E-state index in [2.05, 4.69) is 33.0 Å². The smallest absolute Gasteiger partial charge is 0.0185 e. The van der Waals surface area contributed by atoms with Gasteiger partial charge in [0.1, 0.15) is 0 Å².